The second kappa shape index (κ2) is 6.62. The number of aromatic carboxylic acids is 1. The number of nitrogens with zero attached hydrogens (tertiary/aromatic N) is 4. The molecule has 1 aromatic heterocycles. The van der Waals surface area contributed by atoms with Crippen molar-refractivity contribution in [1.82, 2.24) is 14.7 Å². The van der Waals surface area contributed by atoms with Crippen molar-refractivity contribution in [1.29, 1.82) is 0 Å². The Labute approximate surface area is 165 Å². The summed E-state index contributed by atoms with van der Waals surface area (Å²) in [6, 6.07) is 6.55. The first-order valence-corrected chi connectivity index (χ1v) is 10.4. The zero-order valence-corrected chi connectivity index (χ0v) is 16.7. The Morgan fingerprint density at radius 1 is 1.18 bits per heavy atom. The van der Waals surface area contributed by atoms with E-state index in [1.807, 2.05) is 4.68 Å². The normalized spacial score (nSPS) is 23.6. The number of rotatable bonds is 5. The van der Waals surface area contributed by atoms with Crippen molar-refractivity contribution in [2.75, 3.05) is 37.6 Å². The minimum atomic E-state index is -0.871. The highest BCUT2D eigenvalue weighted by atomic mass is 16.4. The summed E-state index contributed by atoms with van der Waals surface area (Å²) in [6.45, 7) is 10.2. The molecule has 28 heavy (non-hydrogen) atoms. The highest BCUT2D eigenvalue weighted by Crippen LogP contribution is 2.57. The third-order valence-electron chi connectivity index (χ3n) is 6.97. The molecule has 2 fully saturated rings. The van der Waals surface area contributed by atoms with Crippen LogP contribution in [-0.4, -0.2) is 58.5 Å². The smallest absolute Gasteiger partial charge is 0.356 e. The van der Waals surface area contributed by atoms with E-state index in [9.17, 15) is 9.90 Å². The van der Waals surface area contributed by atoms with E-state index in [1.165, 1.54) is 22.5 Å². The maximum Gasteiger partial charge on any atom is 0.356 e. The molecule has 148 valence electrons. The Morgan fingerprint density at radius 3 is 2.71 bits per heavy atom. The number of hydrogen-bond acceptors (Lipinski definition) is 4. The van der Waals surface area contributed by atoms with Crippen LogP contribution < -0.4 is 4.90 Å². The third-order valence-corrected chi connectivity index (χ3v) is 6.97. The van der Waals surface area contributed by atoms with Gasteiger partial charge in [0.05, 0.1) is 6.54 Å². The van der Waals surface area contributed by atoms with Crippen molar-refractivity contribution >= 4 is 11.7 Å². The molecule has 6 heteroatoms. The highest BCUT2D eigenvalue weighted by molar-refractivity contribution is 5.88. The van der Waals surface area contributed by atoms with Gasteiger partial charge in [0.2, 0.25) is 0 Å². The summed E-state index contributed by atoms with van der Waals surface area (Å²) >= 11 is 0. The lowest BCUT2D eigenvalue weighted by molar-refractivity contribution is 0.0688. The van der Waals surface area contributed by atoms with Crippen LogP contribution in [0.15, 0.2) is 18.2 Å². The van der Waals surface area contributed by atoms with E-state index in [4.69, 9.17) is 0 Å². The van der Waals surface area contributed by atoms with Crippen LogP contribution in [0.4, 0.5) is 5.69 Å². The van der Waals surface area contributed by atoms with Gasteiger partial charge in [-0.3, -0.25) is 9.58 Å². The molecule has 1 saturated carbocycles. The number of hydrogen-bond donors (Lipinski definition) is 1. The summed E-state index contributed by atoms with van der Waals surface area (Å²) in [5.74, 6) is 0.277. The molecule has 6 nitrogen and oxygen atoms in total. The van der Waals surface area contributed by atoms with E-state index in [1.54, 1.807) is 0 Å². The van der Waals surface area contributed by atoms with Gasteiger partial charge in [0, 0.05) is 49.7 Å². The molecule has 3 aliphatic rings. The Kier molecular flexibility index (Phi) is 4.19. The molecule has 0 bridgehead atoms. The van der Waals surface area contributed by atoms with Gasteiger partial charge in [-0.15, -0.1) is 0 Å². The van der Waals surface area contributed by atoms with Crippen molar-refractivity contribution in [3.05, 3.63) is 46.3 Å². The Balaban J connectivity index is 1.22. The summed E-state index contributed by atoms with van der Waals surface area (Å²) < 4.78 is 1.99. The van der Waals surface area contributed by atoms with Gasteiger partial charge < -0.3 is 10.0 Å². The number of carbonyl (C=O) groups is 1. The molecule has 1 saturated heterocycles. The molecule has 0 radical (unpaired) electrons. The SMILES string of the molecule is Cc1cccc(N2CCN(CCn3nc(C(=O)O)c4c3CC3CC43)CC2)c1C. The molecule has 2 heterocycles. The summed E-state index contributed by atoms with van der Waals surface area (Å²) in [5.41, 5.74) is 6.61. The molecule has 2 atom stereocenters. The number of fused-ring (bicyclic) bond motifs is 3. The van der Waals surface area contributed by atoms with E-state index in [-0.39, 0.29) is 0 Å². The fourth-order valence-corrected chi connectivity index (χ4v) is 5.06. The minimum absolute atomic E-state index is 0.305. The summed E-state index contributed by atoms with van der Waals surface area (Å²) in [4.78, 5) is 16.5. The molecule has 1 aliphatic heterocycles. The average molecular weight is 380 g/mol. The molecule has 2 unspecified atom stereocenters. The molecule has 1 aromatic carbocycles. The number of aryl methyl sites for hydroxylation is 1. The van der Waals surface area contributed by atoms with Crippen molar-refractivity contribution in [3.63, 3.8) is 0 Å². The van der Waals surface area contributed by atoms with E-state index in [0.717, 1.165) is 57.7 Å². The van der Waals surface area contributed by atoms with Gasteiger partial charge in [0.25, 0.3) is 0 Å². The monoisotopic (exact) mass is 380 g/mol. The van der Waals surface area contributed by atoms with Crippen LogP contribution in [-0.2, 0) is 13.0 Å². The zero-order valence-electron chi connectivity index (χ0n) is 16.7. The minimum Gasteiger partial charge on any atom is -0.476 e. The van der Waals surface area contributed by atoms with E-state index < -0.39 is 5.97 Å². The van der Waals surface area contributed by atoms with Gasteiger partial charge in [-0.1, -0.05) is 12.1 Å². The molecular formula is C22H28N4O2. The van der Waals surface area contributed by atoms with Gasteiger partial charge in [-0.25, -0.2) is 4.79 Å². The highest BCUT2D eigenvalue weighted by Gasteiger charge is 2.50. The van der Waals surface area contributed by atoms with E-state index in [2.05, 4.69) is 46.9 Å². The van der Waals surface area contributed by atoms with E-state index >= 15 is 0 Å². The Morgan fingerprint density at radius 2 is 1.96 bits per heavy atom. The zero-order chi connectivity index (χ0) is 19.4. The lowest BCUT2D eigenvalue weighted by atomic mass is 10.1. The molecule has 0 amide bonds. The number of carboxylic acid groups (broad SMARTS) is 1. The summed E-state index contributed by atoms with van der Waals surface area (Å²) in [5, 5.41) is 14.0. The van der Waals surface area contributed by atoms with Crippen LogP contribution >= 0.6 is 0 Å². The Hall–Kier alpha value is -2.34. The van der Waals surface area contributed by atoms with Crippen LogP contribution in [0.1, 0.15) is 45.2 Å². The van der Waals surface area contributed by atoms with Gasteiger partial charge in [0.15, 0.2) is 5.69 Å². The second-order valence-corrected chi connectivity index (χ2v) is 8.59. The standard InChI is InChI=1S/C22H28N4O2/c1-14-4-3-5-18(15(14)2)25-9-6-24(7-10-25)8-11-26-19-13-16-12-17(16)20(19)21(23-26)22(27)28/h3-5,16-17H,6-13H2,1-2H3,(H,27,28). The van der Waals surface area contributed by atoms with Crippen LogP contribution in [0.2, 0.25) is 0 Å². The fourth-order valence-electron chi connectivity index (χ4n) is 5.06. The van der Waals surface area contributed by atoms with Crippen LogP contribution in [0, 0.1) is 19.8 Å². The third kappa shape index (κ3) is 2.91. The first-order valence-electron chi connectivity index (χ1n) is 10.4. The average Bonchev–Trinajstić information content (AvgIpc) is 3.20. The number of carboxylic acids is 1. The molecule has 1 N–H and O–H groups in total. The van der Waals surface area contributed by atoms with Crippen molar-refractivity contribution in [2.24, 2.45) is 5.92 Å². The molecule has 2 aliphatic carbocycles. The van der Waals surface area contributed by atoms with Gasteiger partial charge >= 0.3 is 5.97 Å². The second-order valence-electron chi connectivity index (χ2n) is 8.59. The molecule has 0 spiro atoms. The maximum absolute atomic E-state index is 11.6. The van der Waals surface area contributed by atoms with E-state index in [0.29, 0.717) is 17.5 Å². The van der Waals surface area contributed by atoms with Crippen LogP contribution in [0.25, 0.3) is 0 Å². The number of aromatic nitrogens is 2. The first-order chi connectivity index (χ1) is 13.5. The molecule has 5 rings (SSSR count). The van der Waals surface area contributed by atoms with Crippen LogP contribution in [0.5, 0.6) is 0 Å². The first kappa shape index (κ1) is 17.7. The summed E-state index contributed by atoms with van der Waals surface area (Å²) in [6.07, 6.45) is 2.17. The Bertz CT molecular complexity index is 927. The van der Waals surface area contributed by atoms with Crippen molar-refractivity contribution < 1.29 is 9.90 Å². The van der Waals surface area contributed by atoms with Crippen molar-refractivity contribution in [3.8, 4) is 0 Å². The molecule has 2 aromatic rings. The molecular weight excluding hydrogens is 352 g/mol. The quantitative estimate of drug-likeness (QED) is 0.864. The lowest BCUT2D eigenvalue weighted by Crippen LogP contribution is -2.47. The van der Waals surface area contributed by atoms with Gasteiger partial charge in [-0.05, 0) is 55.7 Å². The maximum atomic E-state index is 11.6. The van der Waals surface area contributed by atoms with Gasteiger partial charge in [-0.2, -0.15) is 5.10 Å². The fraction of sp³-hybridized carbons (Fsp3) is 0.545. The largest absolute Gasteiger partial charge is 0.476 e. The predicted molar refractivity (Wildman–Crippen MR) is 108 cm³/mol. The van der Waals surface area contributed by atoms with Crippen molar-refractivity contribution in [2.45, 2.75) is 39.2 Å². The lowest BCUT2D eigenvalue weighted by Gasteiger charge is -2.37. The summed E-state index contributed by atoms with van der Waals surface area (Å²) in [7, 11) is 0. The number of piperazine rings is 1. The van der Waals surface area contributed by atoms with Crippen LogP contribution in [0.3, 0.4) is 0 Å². The topological polar surface area (TPSA) is 61.6 Å². The predicted octanol–water partition coefficient (Wildman–Crippen LogP) is 2.68. The number of benzene rings is 1. The number of anilines is 1. The van der Waals surface area contributed by atoms with Gasteiger partial charge in [0.1, 0.15) is 0 Å².